The van der Waals surface area contributed by atoms with Gasteiger partial charge in [-0.25, -0.2) is 9.59 Å². The van der Waals surface area contributed by atoms with Gasteiger partial charge in [0.15, 0.2) is 0 Å². The third-order valence-electron chi connectivity index (χ3n) is 1.46. The average Bonchev–Trinajstić information content (AvgIpc) is 2.81. The minimum absolute atomic E-state index is 0.00146. The van der Waals surface area contributed by atoms with E-state index < -0.39 is 11.9 Å². The van der Waals surface area contributed by atoms with Crippen molar-refractivity contribution in [3.05, 3.63) is 11.6 Å². The molecular formula is C8H10O5. The number of carbonyl (C=O) groups is 2. The van der Waals surface area contributed by atoms with E-state index in [1.807, 2.05) is 0 Å². The zero-order chi connectivity index (χ0) is 9.84. The van der Waals surface area contributed by atoms with Gasteiger partial charge >= 0.3 is 11.9 Å². The highest BCUT2D eigenvalue weighted by molar-refractivity contribution is 5.95. The van der Waals surface area contributed by atoms with Gasteiger partial charge in [-0.1, -0.05) is 0 Å². The zero-order valence-corrected chi connectivity index (χ0v) is 7.15. The Bertz CT molecular complexity index is 251. The Labute approximate surface area is 74.9 Å². The van der Waals surface area contributed by atoms with Crippen LogP contribution in [0.15, 0.2) is 11.6 Å². The van der Waals surface area contributed by atoms with E-state index in [-0.39, 0.29) is 18.3 Å². The van der Waals surface area contributed by atoms with Gasteiger partial charge in [0.25, 0.3) is 0 Å². The van der Waals surface area contributed by atoms with E-state index >= 15 is 0 Å². The van der Waals surface area contributed by atoms with E-state index in [4.69, 9.17) is 14.6 Å². The summed E-state index contributed by atoms with van der Waals surface area (Å²) in [5.74, 6) is -1.77. The highest BCUT2D eigenvalue weighted by Crippen LogP contribution is 2.09. The summed E-state index contributed by atoms with van der Waals surface area (Å²) < 4.78 is 9.54. The fourth-order valence-electron chi connectivity index (χ4n) is 0.691. The quantitative estimate of drug-likeness (QED) is 0.378. The molecule has 0 radical (unpaired) electrons. The summed E-state index contributed by atoms with van der Waals surface area (Å²) in [6.45, 7) is 2.20. The maximum absolute atomic E-state index is 11.0. The molecule has 1 rings (SSSR count). The SMILES string of the molecule is C/C(=C\C(=O)O)C(=O)OCC1CO1. The number of carboxylic acid groups (broad SMARTS) is 1. The summed E-state index contributed by atoms with van der Waals surface area (Å²) in [5, 5.41) is 8.31. The number of epoxide rings is 1. The van der Waals surface area contributed by atoms with Gasteiger partial charge in [-0.15, -0.1) is 0 Å². The molecule has 1 saturated heterocycles. The molecule has 0 spiro atoms. The van der Waals surface area contributed by atoms with Crippen LogP contribution in [0.3, 0.4) is 0 Å². The minimum atomic E-state index is -1.16. The van der Waals surface area contributed by atoms with Crippen molar-refractivity contribution in [3.8, 4) is 0 Å². The maximum Gasteiger partial charge on any atom is 0.334 e. The molecular weight excluding hydrogens is 176 g/mol. The predicted octanol–water partition coefficient (Wildman–Crippen LogP) is -0.0407. The molecule has 72 valence electrons. The van der Waals surface area contributed by atoms with E-state index in [9.17, 15) is 9.59 Å². The fraction of sp³-hybridized carbons (Fsp3) is 0.500. The van der Waals surface area contributed by atoms with Crippen LogP contribution < -0.4 is 0 Å². The molecule has 1 unspecified atom stereocenters. The second-order valence-electron chi connectivity index (χ2n) is 2.72. The van der Waals surface area contributed by atoms with Crippen LogP contribution >= 0.6 is 0 Å². The van der Waals surface area contributed by atoms with Gasteiger partial charge in [-0.3, -0.25) is 0 Å². The minimum Gasteiger partial charge on any atom is -0.478 e. The number of hydrogen-bond acceptors (Lipinski definition) is 4. The summed E-state index contributed by atoms with van der Waals surface area (Å²) in [4.78, 5) is 21.2. The number of carboxylic acids is 1. The second kappa shape index (κ2) is 4.04. The highest BCUT2D eigenvalue weighted by atomic mass is 16.6. The van der Waals surface area contributed by atoms with E-state index in [2.05, 4.69) is 0 Å². The van der Waals surface area contributed by atoms with E-state index in [0.717, 1.165) is 6.08 Å². The van der Waals surface area contributed by atoms with Crippen molar-refractivity contribution in [2.45, 2.75) is 13.0 Å². The highest BCUT2D eigenvalue weighted by Gasteiger charge is 2.24. The van der Waals surface area contributed by atoms with E-state index in [1.54, 1.807) is 0 Å². The first-order valence-electron chi connectivity index (χ1n) is 3.79. The first-order valence-corrected chi connectivity index (χ1v) is 3.79. The second-order valence-corrected chi connectivity index (χ2v) is 2.72. The Hall–Kier alpha value is -1.36. The number of hydrogen-bond donors (Lipinski definition) is 1. The van der Waals surface area contributed by atoms with Crippen LogP contribution in [0, 0.1) is 0 Å². The average molecular weight is 186 g/mol. The lowest BCUT2D eigenvalue weighted by molar-refractivity contribution is -0.140. The van der Waals surface area contributed by atoms with Crippen LogP contribution in [-0.4, -0.2) is 36.4 Å². The summed E-state index contributed by atoms with van der Waals surface area (Å²) >= 11 is 0. The normalized spacial score (nSPS) is 21.0. The van der Waals surface area contributed by atoms with E-state index in [0.29, 0.717) is 6.61 Å². The number of rotatable bonds is 4. The molecule has 1 N–H and O–H groups in total. The van der Waals surface area contributed by atoms with E-state index in [1.165, 1.54) is 6.92 Å². The largest absolute Gasteiger partial charge is 0.478 e. The summed E-state index contributed by atoms with van der Waals surface area (Å²) in [5.41, 5.74) is 0.0770. The van der Waals surface area contributed by atoms with Crippen LogP contribution in [-0.2, 0) is 19.1 Å². The van der Waals surface area contributed by atoms with Crippen molar-refractivity contribution in [3.63, 3.8) is 0 Å². The zero-order valence-electron chi connectivity index (χ0n) is 7.15. The van der Waals surface area contributed by atoms with Gasteiger partial charge in [0, 0.05) is 11.6 Å². The van der Waals surface area contributed by atoms with Crippen LogP contribution in [0.5, 0.6) is 0 Å². The van der Waals surface area contributed by atoms with Crippen molar-refractivity contribution >= 4 is 11.9 Å². The molecule has 0 aromatic carbocycles. The lowest BCUT2D eigenvalue weighted by atomic mass is 10.3. The smallest absolute Gasteiger partial charge is 0.334 e. The molecule has 0 amide bonds. The number of carbonyl (C=O) groups excluding carboxylic acids is 1. The molecule has 1 atom stereocenters. The van der Waals surface area contributed by atoms with Gasteiger partial charge in [0.05, 0.1) is 6.61 Å². The summed E-state index contributed by atoms with van der Waals surface area (Å²) in [6.07, 6.45) is 0.817. The molecule has 1 fully saturated rings. The molecule has 0 saturated carbocycles. The number of aliphatic carboxylic acids is 1. The predicted molar refractivity (Wildman–Crippen MR) is 42.1 cm³/mol. The molecule has 13 heavy (non-hydrogen) atoms. The first-order chi connectivity index (χ1) is 6.09. The Morgan fingerprint density at radius 2 is 2.31 bits per heavy atom. The number of esters is 1. The van der Waals surface area contributed by atoms with Crippen LogP contribution in [0.2, 0.25) is 0 Å². The van der Waals surface area contributed by atoms with Gasteiger partial charge in [-0.2, -0.15) is 0 Å². The Kier molecular flexibility index (Phi) is 3.02. The molecule has 5 heteroatoms. The lowest BCUT2D eigenvalue weighted by Crippen LogP contribution is -2.11. The molecule has 0 bridgehead atoms. The van der Waals surface area contributed by atoms with Crippen LogP contribution in [0.4, 0.5) is 0 Å². The molecule has 0 aromatic heterocycles. The fourth-order valence-corrected chi connectivity index (χ4v) is 0.691. The monoisotopic (exact) mass is 186 g/mol. The Morgan fingerprint density at radius 3 is 2.77 bits per heavy atom. The molecule has 0 aromatic rings. The summed E-state index contributed by atoms with van der Waals surface area (Å²) in [7, 11) is 0. The molecule has 0 aliphatic carbocycles. The van der Waals surface area contributed by atoms with Crippen molar-refractivity contribution in [2.75, 3.05) is 13.2 Å². The molecule has 1 aliphatic heterocycles. The molecule has 5 nitrogen and oxygen atoms in total. The van der Waals surface area contributed by atoms with Crippen molar-refractivity contribution in [2.24, 2.45) is 0 Å². The Morgan fingerprint density at radius 1 is 1.69 bits per heavy atom. The third-order valence-corrected chi connectivity index (χ3v) is 1.46. The topological polar surface area (TPSA) is 76.1 Å². The standard InChI is InChI=1S/C8H10O5/c1-5(2-7(9)10)8(11)13-4-6-3-12-6/h2,6H,3-4H2,1H3,(H,9,10)/b5-2+. The van der Waals surface area contributed by atoms with Crippen LogP contribution in [0.1, 0.15) is 6.92 Å². The van der Waals surface area contributed by atoms with Crippen molar-refractivity contribution in [1.29, 1.82) is 0 Å². The third kappa shape index (κ3) is 3.71. The molecule has 1 heterocycles. The molecule has 1 aliphatic rings. The van der Waals surface area contributed by atoms with Gasteiger partial charge in [0.1, 0.15) is 12.7 Å². The van der Waals surface area contributed by atoms with Crippen molar-refractivity contribution in [1.82, 2.24) is 0 Å². The van der Waals surface area contributed by atoms with Gasteiger partial charge in [0.2, 0.25) is 0 Å². The van der Waals surface area contributed by atoms with Gasteiger partial charge in [-0.05, 0) is 6.92 Å². The summed E-state index contributed by atoms with van der Waals surface area (Å²) in [6, 6.07) is 0. The number of ether oxygens (including phenoxy) is 2. The Balaban J connectivity index is 2.32. The maximum atomic E-state index is 11.0. The lowest BCUT2D eigenvalue weighted by Gasteiger charge is -2.00. The first kappa shape index (κ1) is 9.73. The van der Waals surface area contributed by atoms with Gasteiger partial charge < -0.3 is 14.6 Å². The van der Waals surface area contributed by atoms with Crippen LogP contribution in [0.25, 0.3) is 0 Å². The van der Waals surface area contributed by atoms with Crippen molar-refractivity contribution < 1.29 is 24.2 Å².